The standard InChI is InChI=1S/C30H36O6/c1-17-7-21(10-22(14-31)27(17)34)20-5-4-6-30(13-20,25-8-18(2)28(35)23(11-25)15-32)26-9-19(3)29(36)24(12-26)16-33/h7-12,20,31-36H,4-6,13-16H2,1-3H3. The van der Waals surface area contributed by atoms with Crippen LogP contribution in [0.25, 0.3) is 0 Å². The molecule has 6 N–H and O–H groups in total. The largest absolute Gasteiger partial charge is 0.507 e. The van der Waals surface area contributed by atoms with Gasteiger partial charge in [0.05, 0.1) is 19.8 Å². The average molecular weight is 493 g/mol. The molecule has 3 aromatic rings. The quantitative estimate of drug-likeness (QED) is 0.293. The van der Waals surface area contributed by atoms with Crippen LogP contribution in [0.4, 0.5) is 0 Å². The molecule has 1 aliphatic carbocycles. The van der Waals surface area contributed by atoms with E-state index >= 15 is 0 Å². The summed E-state index contributed by atoms with van der Waals surface area (Å²) in [5.41, 5.74) is 6.01. The Morgan fingerprint density at radius 3 is 1.58 bits per heavy atom. The molecule has 6 nitrogen and oxygen atoms in total. The van der Waals surface area contributed by atoms with E-state index in [4.69, 9.17) is 0 Å². The zero-order valence-corrected chi connectivity index (χ0v) is 21.2. The van der Waals surface area contributed by atoms with Crippen LogP contribution in [0.3, 0.4) is 0 Å². The number of phenols is 3. The monoisotopic (exact) mass is 492 g/mol. The fraction of sp³-hybridized carbons (Fsp3) is 0.400. The van der Waals surface area contributed by atoms with Crippen LogP contribution in [-0.2, 0) is 25.2 Å². The molecule has 0 aliphatic heterocycles. The van der Waals surface area contributed by atoms with Crippen molar-refractivity contribution in [3.05, 3.63) is 86.5 Å². The van der Waals surface area contributed by atoms with Crippen molar-refractivity contribution in [2.75, 3.05) is 0 Å². The molecule has 1 fully saturated rings. The Morgan fingerprint density at radius 2 is 1.11 bits per heavy atom. The molecule has 0 bridgehead atoms. The molecule has 0 spiro atoms. The Kier molecular flexibility index (Phi) is 7.32. The van der Waals surface area contributed by atoms with Crippen molar-refractivity contribution in [1.82, 2.24) is 0 Å². The van der Waals surface area contributed by atoms with E-state index in [-0.39, 0.29) is 43.0 Å². The van der Waals surface area contributed by atoms with Gasteiger partial charge in [0, 0.05) is 22.1 Å². The van der Waals surface area contributed by atoms with Crippen LogP contribution in [0.1, 0.15) is 81.7 Å². The van der Waals surface area contributed by atoms with Crippen molar-refractivity contribution in [2.24, 2.45) is 0 Å². The van der Waals surface area contributed by atoms with Gasteiger partial charge in [-0.1, -0.05) is 24.6 Å². The number of hydrogen-bond donors (Lipinski definition) is 6. The predicted molar refractivity (Wildman–Crippen MR) is 138 cm³/mol. The lowest BCUT2D eigenvalue weighted by Crippen LogP contribution is -2.34. The molecule has 192 valence electrons. The zero-order chi connectivity index (χ0) is 26.2. The van der Waals surface area contributed by atoms with Crippen LogP contribution in [0.5, 0.6) is 17.2 Å². The summed E-state index contributed by atoms with van der Waals surface area (Å²) < 4.78 is 0. The highest BCUT2D eigenvalue weighted by Gasteiger charge is 2.41. The molecular weight excluding hydrogens is 456 g/mol. The van der Waals surface area contributed by atoms with Crippen molar-refractivity contribution in [3.63, 3.8) is 0 Å². The third-order valence-electron chi connectivity index (χ3n) is 8.00. The van der Waals surface area contributed by atoms with Gasteiger partial charge < -0.3 is 30.6 Å². The molecule has 3 aromatic carbocycles. The maximum Gasteiger partial charge on any atom is 0.124 e. The van der Waals surface area contributed by atoms with Crippen molar-refractivity contribution in [3.8, 4) is 17.2 Å². The maximum absolute atomic E-state index is 10.5. The third kappa shape index (κ3) is 4.45. The van der Waals surface area contributed by atoms with Gasteiger partial charge in [-0.3, -0.25) is 0 Å². The molecule has 36 heavy (non-hydrogen) atoms. The molecule has 0 radical (unpaired) electrons. The molecule has 4 rings (SSSR count). The fourth-order valence-corrected chi connectivity index (χ4v) is 5.99. The number of aliphatic hydroxyl groups excluding tert-OH is 3. The van der Waals surface area contributed by atoms with Gasteiger partial charge in [0.15, 0.2) is 0 Å². The first kappa shape index (κ1) is 26.0. The van der Waals surface area contributed by atoms with E-state index in [1.807, 2.05) is 57.2 Å². The van der Waals surface area contributed by atoms with Crippen LogP contribution < -0.4 is 0 Å². The molecule has 0 heterocycles. The smallest absolute Gasteiger partial charge is 0.124 e. The zero-order valence-electron chi connectivity index (χ0n) is 21.2. The second-order valence-corrected chi connectivity index (χ2v) is 10.3. The number of benzene rings is 3. The fourth-order valence-electron chi connectivity index (χ4n) is 5.99. The summed E-state index contributed by atoms with van der Waals surface area (Å²) in [6.07, 6.45) is 3.37. The van der Waals surface area contributed by atoms with E-state index in [1.54, 1.807) is 0 Å². The van der Waals surface area contributed by atoms with Crippen LogP contribution in [0, 0.1) is 20.8 Å². The molecular formula is C30H36O6. The predicted octanol–water partition coefficient (Wildman–Crippen LogP) is 4.85. The summed E-state index contributed by atoms with van der Waals surface area (Å²) >= 11 is 0. The Hall–Kier alpha value is -3.06. The number of rotatable bonds is 6. The Morgan fingerprint density at radius 1 is 0.667 bits per heavy atom. The second kappa shape index (κ2) is 10.1. The van der Waals surface area contributed by atoms with Gasteiger partial charge in [-0.2, -0.15) is 0 Å². The minimum absolute atomic E-state index is 0.0865. The third-order valence-corrected chi connectivity index (χ3v) is 8.00. The maximum atomic E-state index is 10.5. The molecule has 1 aliphatic rings. The van der Waals surface area contributed by atoms with E-state index in [1.165, 1.54) is 0 Å². The van der Waals surface area contributed by atoms with Gasteiger partial charge in [-0.05, 0) is 97.5 Å². The minimum Gasteiger partial charge on any atom is -0.507 e. The lowest BCUT2D eigenvalue weighted by atomic mass is 9.60. The normalized spacial score (nSPS) is 17.3. The number of aliphatic hydroxyl groups is 3. The summed E-state index contributed by atoms with van der Waals surface area (Å²) in [7, 11) is 0. The lowest BCUT2D eigenvalue weighted by molar-refractivity contribution is 0.271. The summed E-state index contributed by atoms with van der Waals surface area (Å²) in [6, 6.07) is 11.5. The Bertz CT molecular complexity index is 1220. The SMILES string of the molecule is Cc1cc(C2CCCC(c3cc(C)c(O)c(CO)c3)(c3cc(C)c(O)c(CO)c3)C2)cc(CO)c1O. The second-order valence-electron chi connectivity index (χ2n) is 10.3. The van der Waals surface area contributed by atoms with E-state index in [0.717, 1.165) is 41.5 Å². The lowest BCUT2D eigenvalue weighted by Gasteiger charge is -2.43. The van der Waals surface area contributed by atoms with Gasteiger partial charge in [0.2, 0.25) is 0 Å². The average Bonchev–Trinajstić information content (AvgIpc) is 2.88. The van der Waals surface area contributed by atoms with Crippen molar-refractivity contribution in [2.45, 2.75) is 77.6 Å². The van der Waals surface area contributed by atoms with E-state index in [2.05, 4.69) is 0 Å². The summed E-state index contributed by atoms with van der Waals surface area (Å²) in [6.45, 7) is 4.67. The summed E-state index contributed by atoms with van der Waals surface area (Å²) in [4.78, 5) is 0. The first-order chi connectivity index (χ1) is 17.1. The highest BCUT2D eigenvalue weighted by Crippen LogP contribution is 2.52. The van der Waals surface area contributed by atoms with Gasteiger partial charge in [0.25, 0.3) is 0 Å². The molecule has 0 saturated heterocycles. The van der Waals surface area contributed by atoms with Gasteiger partial charge in [-0.15, -0.1) is 0 Å². The van der Waals surface area contributed by atoms with Gasteiger partial charge in [0.1, 0.15) is 17.2 Å². The van der Waals surface area contributed by atoms with Crippen molar-refractivity contribution in [1.29, 1.82) is 0 Å². The Balaban J connectivity index is 1.94. The van der Waals surface area contributed by atoms with E-state index < -0.39 is 5.41 Å². The van der Waals surface area contributed by atoms with Crippen LogP contribution >= 0.6 is 0 Å². The molecule has 0 amide bonds. The van der Waals surface area contributed by atoms with Crippen LogP contribution in [0.2, 0.25) is 0 Å². The molecule has 1 unspecified atom stereocenters. The van der Waals surface area contributed by atoms with Crippen LogP contribution in [-0.4, -0.2) is 30.6 Å². The van der Waals surface area contributed by atoms with E-state index in [0.29, 0.717) is 34.2 Å². The number of aryl methyl sites for hydroxylation is 3. The molecule has 6 heteroatoms. The summed E-state index contributed by atoms with van der Waals surface area (Å²) in [5, 5.41) is 61.1. The minimum atomic E-state index is -0.501. The highest BCUT2D eigenvalue weighted by atomic mass is 16.3. The summed E-state index contributed by atoms with van der Waals surface area (Å²) in [5.74, 6) is 0.417. The van der Waals surface area contributed by atoms with Gasteiger partial charge in [-0.25, -0.2) is 0 Å². The number of aromatic hydroxyl groups is 3. The first-order valence-electron chi connectivity index (χ1n) is 12.5. The molecule has 1 saturated carbocycles. The van der Waals surface area contributed by atoms with Crippen molar-refractivity contribution >= 4 is 0 Å². The molecule has 1 atom stereocenters. The van der Waals surface area contributed by atoms with Crippen LogP contribution in [0.15, 0.2) is 36.4 Å². The van der Waals surface area contributed by atoms with Crippen molar-refractivity contribution < 1.29 is 30.6 Å². The topological polar surface area (TPSA) is 121 Å². The Labute approximate surface area is 212 Å². The highest BCUT2D eigenvalue weighted by molar-refractivity contribution is 5.53. The first-order valence-corrected chi connectivity index (χ1v) is 12.5. The van der Waals surface area contributed by atoms with Gasteiger partial charge >= 0.3 is 0 Å². The number of hydrogen-bond acceptors (Lipinski definition) is 6. The molecule has 0 aromatic heterocycles. The van der Waals surface area contributed by atoms with E-state index in [9.17, 15) is 30.6 Å².